The molecule has 1 amide bonds. The second-order valence-corrected chi connectivity index (χ2v) is 6.35. The first-order valence-corrected chi connectivity index (χ1v) is 7.94. The third kappa shape index (κ3) is 8.55. The second kappa shape index (κ2) is 9.36. The minimum atomic E-state index is -3.92. The van der Waals surface area contributed by atoms with Gasteiger partial charge in [0.1, 0.15) is 0 Å². The average molecular weight is 333 g/mol. The molecule has 11 nitrogen and oxygen atoms in total. The summed E-state index contributed by atoms with van der Waals surface area (Å²) in [4.78, 5) is 46.5. The summed E-state index contributed by atoms with van der Waals surface area (Å²) >= 11 is 0. The molecule has 0 saturated heterocycles. The van der Waals surface area contributed by atoms with Crippen LogP contribution in [-0.2, 0) is 32.4 Å². The van der Waals surface area contributed by atoms with Gasteiger partial charge in [-0.2, -0.15) is 0 Å². The highest BCUT2D eigenvalue weighted by molar-refractivity contribution is 6.65. The first kappa shape index (κ1) is 19.4. The Morgan fingerprint density at radius 1 is 1.00 bits per heavy atom. The Balaban J connectivity index is 4.84. The molecule has 0 unspecified atom stereocenters. The van der Waals surface area contributed by atoms with E-state index in [0.717, 1.165) is 20.8 Å². The lowest BCUT2D eigenvalue weighted by Crippen LogP contribution is -2.49. The molecule has 0 atom stereocenters. The first-order chi connectivity index (χ1) is 10.2. The Hall–Kier alpha value is -2.59. The van der Waals surface area contributed by atoms with Gasteiger partial charge in [-0.05, 0) is 12.0 Å². The lowest BCUT2D eigenvalue weighted by Gasteiger charge is -2.26. The Morgan fingerprint density at radius 3 is 1.82 bits per heavy atom. The highest BCUT2D eigenvalue weighted by atomic mass is 28.4. The summed E-state index contributed by atoms with van der Waals surface area (Å²) in [6, 6.07) is -0.144. The summed E-state index contributed by atoms with van der Waals surface area (Å²) in [5.74, 6) is -2.37. The number of rotatable bonds is 7. The van der Waals surface area contributed by atoms with Gasteiger partial charge in [0.2, 0.25) is 0 Å². The summed E-state index contributed by atoms with van der Waals surface area (Å²) in [6.07, 6.45) is -1.09. The van der Waals surface area contributed by atoms with Crippen molar-refractivity contribution >= 4 is 32.8 Å². The zero-order chi connectivity index (χ0) is 17.2. The van der Waals surface area contributed by atoms with Crippen LogP contribution in [0, 0.1) is 0 Å². The van der Waals surface area contributed by atoms with E-state index in [0.29, 0.717) is 0 Å². The monoisotopic (exact) mass is 333 g/mol. The molecular weight excluding hydrogens is 318 g/mol. The van der Waals surface area contributed by atoms with E-state index in [2.05, 4.69) is 14.8 Å². The minimum Gasteiger partial charge on any atom is -0.461 e. The van der Waals surface area contributed by atoms with Crippen molar-refractivity contribution in [3.8, 4) is 0 Å². The smallest absolute Gasteiger partial charge is 0.461 e. The maximum atomic E-state index is 11.1. The Bertz CT molecular complexity index is 462. The molecule has 0 saturated carbocycles. The van der Waals surface area contributed by atoms with Crippen molar-refractivity contribution in [1.29, 1.82) is 0 Å². The molecule has 0 aromatic heterocycles. The van der Waals surface area contributed by atoms with Gasteiger partial charge in [-0.1, -0.05) is 0 Å². The number of ether oxygens (including phenoxy) is 1. The summed E-state index contributed by atoms with van der Waals surface area (Å²) < 4.78 is 19.3. The van der Waals surface area contributed by atoms with Crippen molar-refractivity contribution < 1.29 is 37.2 Å². The third-order valence-corrected chi connectivity index (χ3v) is 4.64. The largest absolute Gasteiger partial charge is 0.705 e. The van der Waals surface area contributed by atoms with Crippen LogP contribution in [0.25, 0.3) is 10.4 Å². The van der Waals surface area contributed by atoms with Gasteiger partial charge in [-0.25, -0.2) is 4.79 Å². The molecule has 0 heterocycles. The molecule has 0 radical (unpaired) electrons. The van der Waals surface area contributed by atoms with E-state index in [9.17, 15) is 19.2 Å². The van der Waals surface area contributed by atoms with E-state index in [-0.39, 0.29) is 19.1 Å². The normalized spacial score (nSPS) is 9.95. The van der Waals surface area contributed by atoms with Crippen LogP contribution >= 0.6 is 0 Å². The van der Waals surface area contributed by atoms with Gasteiger partial charge in [-0.15, -0.1) is 0 Å². The number of hydrogen-bond acceptors (Lipinski definition) is 8. The minimum absolute atomic E-state index is 0.0484. The number of hydrogen-bond donors (Lipinski definition) is 0. The van der Waals surface area contributed by atoms with Crippen molar-refractivity contribution in [3.63, 3.8) is 0 Å². The van der Waals surface area contributed by atoms with E-state index >= 15 is 0 Å². The Labute approximate surface area is 126 Å². The molecule has 0 N–H and O–H groups in total. The van der Waals surface area contributed by atoms with E-state index in [1.54, 1.807) is 0 Å². The number of nitrogens with zero attached hydrogens (tertiary/aromatic N) is 3. The number of carbonyl (C=O) groups is 4. The van der Waals surface area contributed by atoms with E-state index in [1.807, 2.05) is 0 Å². The molecule has 0 fully saturated rings. The SMILES string of the molecule is CC(=O)O[Si](CCCOC(=O)N=[N+]=[N-])(OC(C)=O)OC(C)=O. The molecule has 0 aromatic rings. The van der Waals surface area contributed by atoms with Gasteiger partial charge in [0.15, 0.2) is 0 Å². The zero-order valence-corrected chi connectivity index (χ0v) is 13.2. The van der Waals surface area contributed by atoms with Crippen LogP contribution in [0.2, 0.25) is 6.04 Å². The van der Waals surface area contributed by atoms with Crippen LogP contribution in [0.3, 0.4) is 0 Å². The molecular formula is C10H15N3O8Si. The Morgan fingerprint density at radius 2 is 1.45 bits per heavy atom. The average Bonchev–Trinajstić information content (AvgIpc) is 2.32. The highest BCUT2D eigenvalue weighted by Crippen LogP contribution is 2.19. The first-order valence-electron chi connectivity index (χ1n) is 6.01. The highest BCUT2D eigenvalue weighted by Gasteiger charge is 2.51. The lowest BCUT2D eigenvalue weighted by atomic mass is 10.5. The molecule has 0 spiro atoms. The number of azide groups is 1. The zero-order valence-electron chi connectivity index (χ0n) is 12.2. The molecule has 0 aromatic carbocycles. The maximum absolute atomic E-state index is 11.1. The fourth-order valence-electron chi connectivity index (χ4n) is 1.39. The van der Waals surface area contributed by atoms with Crippen LogP contribution in [0.5, 0.6) is 0 Å². The molecule has 0 rings (SSSR count). The summed E-state index contributed by atoms with van der Waals surface area (Å²) in [6.45, 7) is 2.99. The topological polar surface area (TPSA) is 154 Å². The number of amides is 1. The van der Waals surface area contributed by atoms with Crippen molar-refractivity contribution in [3.05, 3.63) is 10.4 Å². The van der Waals surface area contributed by atoms with Crippen molar-refractivity contribution in [2.24, 2.45) is 5.11 Å². The van der Waals surface area contributed by atoms with Gasteiger partial charge in [-0.3, -0.25) is 14.4 Å². The van der Waals surface area contributed by atoms with E-state index < -0.39 is 32.8 Å². The van der Waals surface area contributed by atoms with Crippen LogP contribution in [-0.4, -0.2) is 39.4 Å². The van der Waals surface area contributed by atoms with E-state index in [1.165, 1.54) is 0 Å². The molecule has 0 aliphatic rings. The second-order valence-electron chi connectivity index (χ2n) is 3.87. The quantitative estimate of drug-likeness (QED) is 0.223. The number of carbonyl (C=O) groups excluding carboxylic acids is 4. The van der Waals surface area contributed by atoms with Crippen LogP contribution in [0.15, 0.2) is 5.11 Å². The molecule has 0 bridgehead atoms. The fourth-order valence-corrected chi connectivity index (χ4v) is 3.71. The Kier molecular flexibility index (Phi) is 8.26. The van der Waals surface area contributed by atoms with Crippen molar-refractivity contribution in [1.82, 2.24) is 0 Å². The predicted molar refractivity (Wildman–Crippen MR) is 71.0 cm³/mol. The standard InChI is InChI=1S/C10H15N3O8Si/c1-7(14)19-22(20-8(2)15,21-9(3)16)6-4-5-18-10(17)12-13-11/h4-6H2,1-3H3. The van der Waals surface area contributed by atoms with Crippen LogP contribution < -0.4 is 0 Å². The third-order valence-electron chi connectivity index (χ3n) is 1.88. The predicted octanol–water partition coefficient (Wildman–Crippen LogP) is 1.45. The molecule has 22 heavy (non-hydrogen) atoms. The molecule has 0 aliphatic carbocycles. The van der Waals surface area contributed by atoms with E-state index in [4.69, 9.17) is 18.8 Å². The molecule has 12 heteroatoms. The van der Waals surface area contributed by atoms with Gasteiger partial charge < -0.3 is 18.0 Å². The van der Waals surface area contributed by atoms with Gasteiger partial charge in [0, 0.05) is 30.8 Å². The van der Waals surface area contributed by atoms with Gasteiger partial charge in [0.25, 0.3) is 17.9 Å². The molecule has 0 aliphatic heterocycles. The van der Waals surface area contributed by atoms with Crippen LogP contribution in [0.1, 0.15) is 27.2 Å². The molecule has 122 valence electrons. The van der Waals surface area contributed by atoms with Crippen LogP contribution in [0.4, 0.5) is 4.79 Å². The summed E-state index contributed by atoms with van der Waals surface area (Å²) in [5, 5.41) is 2.68. The summed E-state index contributed by atoms with van der Waals surface area (Å²) in [7, 11) is -3.92. The van der Waals surface area contributed by atoms with Gasteiger partial charge >= 0.3 is 14.9 Å². The van der Waals surface area contributed by atoms with Crippen molar-refractivity contribution in [2.45, 2.75) is 33.2 Å². The van der Waals surface area contributed by atoms with Gasteiger partial charge in [0.05, 0.1) is 12.7 Å². The lowest BCUT2D eigenvalue weighted by molar-refractivity contribution is -0.147. The fraction of sp³-hybridized carbons (Fsp3) is 0.600. The van der Waals surface area contributed by atoms with Crippen molar-refractivity contribution in [2.75, 3.05) is 6.61 Å². The maximum Gasteiger partial charge on any atom is 0.705 e. The summed E-state index contributed by atoms with van der Waals surface area (Å²) in [5.41, 5.74) is 8.01.